The van der Waals surface area contributed by atoms with Crippen LogP contribution in [0.15, 0.2) is 141 Å². The molecule has 7 aromatic rings. The van der Waals surface area contributed by atoms with Crippen LogP contribution in [-0.2, 0) is 6.42 Å². The van der Waals surface area contributed by atoms with Crippen molar-refractivity contribution in [3.05, 3.63) is 158 Å². The Balaban J connectivity index is 1.39. The topological polar surface area (TPSA) is 17.8 Å². The summed E-state index contributed by atoms with van der Waals surface area (Å²) in [7, 11) is 0. The summed E-state index contributed by atoms with van der Waals surface area (Å²) in [6, 6.07) is 45.2. The summed E-state index contributed by atoms with van der Waals surface area (Å²) in [5.74, 6) is 1.06. The fourth-order valence-corrected chi connectivity index (χ4v) is 6.36. The normalized spacial score (nSPS) is 11.2. The van der Waals surface area contributed by atoms with Gasteiger partial charge in [-0.25, -0.2) is 4.98 Å². The Morgan fingerprint density at radius 2 is 1.05 bits per heavy atom. The minimum atomic E-state index is 0.859. The van der Waals surface area contributed by atoms with Crippen LogP contribution in [0.4, 0.5) is 0 Å². The molecule has 6 aromatic carbocycles. The van der Waals surface area contributed by atoms with Crippen LogP contribution >= 0.6 is 0 Å². The quantitative estimate of drug-likeness (QED) is 0.192. The van der Waals surface area contributed by atoms with Crippen molar-refractivity contribution in [2.24, 2.45) is 0 Å². The largest absolute Gasteiger partial charge is 0.296 e. The minimum absolute atomic E-state index is 0.859. The lowest BCUT2D eigenvalue weighted by atomic mass is 9.83. The van der Waals surface area contributed by atoms with Crippen LogP contribution in [-0.4, -0.2) is 9.55 Å². The fourth-order valence-electron chi connectivity index (χ4n) is 6.36. The van der Waals surface area contributed by atoms with Crippen molar-refractivity contribution in [1.29, 1.82) is 0 Å². The van der Waals surface area contributed by atoms with Gasteiger partial charge in [-0.2, -0.15) is 0 Å². The minimum Gasteiger partial charge on any atom is -0.296 e. The monoisotopic (exact) mass is 552 g/mol. The molecule has 206 valence electrons. The predicted octanol–water partition coefficient (Wildman–Crippen LogP) is 11.0. The highest BCUT2D eigenvalue weighted by atomic mass is 15.1. The van der Waals surface area contributed by atoms with E-state index in [0.717, 1.165) is 51.2 Å². The van der Waals surface area contributed by atoms with Crippen LogP contribution in [0.1, 0.15) is 23.9 Å². The predicted molar refractivity (Wildman–Crippen MR) is 184 cm³/mol. The Morgan fingerprint density at radius 1 is 0.558 bits per heavy atom. The van der Waals surface area contributed by atoms with Gasteiger partial charge in [-0.1, -0.05) is 135 Å². The first-order valence-corrected chi connectivity index (χ1v) is 14.8. The first-order valence-electron chi connectivity index (χ1n) is 14.8. The van der Waals surface area contributed by atoms with Crippen LogP contribution in [0.5, 0.6) is 0 Å². The zero-order valence-corrected chi connectivity index (χ0v) is 24.3. The molecular formula is C41H32N2. The highest BCUT2D eigenvalue weighted by Gasteiger charge is 2.19. The van der Waals surface area contributed by atoms with Gasteiger partial charge in [0.05, 0.1) is 11.0 Å². The van der Waals surface area contributed by atoms with Gasteiger partial charge < -0.3 is 0 Å². The van der Waals surface area contributed by atoms with E-state index in [0.29, 0.717) is 0 Å². The molecule has 0 aliphatic carbocycles. The van der Waals surface area contributed by atoms with Crippen molar-refractivity contribution in [2.45, 2.75) is 13.3 Å². The number of imidazole rings is 1. The molecule has 0 N–H and O–H groups in total. The molecule has 0 fully saturated rings. The lowest BCUT2D eigenvalue weighted by Crippen LogP contribution is -2.00. The van der Waals surface area contributed by atoms with Gasteiger partial charge in [-0.3, -0.25) is 4.57 Å². The maximum absolute atomic E-state index is 4.88. The van der Waals surface area contributed by atoms with E-state index in [1.807, 2.05) is 24.3 Å². The first-order chi connectivity index (χ1) is 21.2. The van der Waals surface area contributed by atoms with Crippen molar-refractivity contribution in [3.8, 4) is 39.1 Å². The molecule has 2 nitrogen and oxygen atoms in total. The molecule has 0 atom stereocenters. The molecule has 0 spiro atoms. The molecule has 0 radical (unpaired) electrons. The molecule has 0 bridgehead atoms. The molecule has 1 aromatic heterocycles. The lowest BCUT2D eigenvalue weighted by molar-refractivity contribution is 0.908. The number of hydrogen-bond acceptors (Lipinski definition) is 1. The molecule has 0 amide bonds. The fraction of sp³-hybridized carbons (Fsp3) is 0.0488. The second kappa shape index (κ2) is 11.1. The third kappa shape index (κ3) is 4.49. The molecule has 2 heteroatoms. The highest BCUT2D eigenvalue weighted by Crippen LogP contribution is 2.43. The zero-order valence-electron chi connectivity index (χ0n) is 24.3. The van der Waals surface area contributed by atoms with Gasteiger partial charge in [0.2, 0.25) is 0 Å². The van der Waals surface area contributed by atoms with Crippen molar-refractivity contribution in [2.75, 3.05) is 0 Å². The standard InChI is InChI=1S/C41H32N2/c1-4-33-34(5-2)41(31-24-26-32(27-25-31)43-38-19-13-12-18-37(38)42-39(43)6-3)36-17-11-10-16-35(36)40(33)30-22-20-29(21-23-30)28-14-8-7-9-15-28/h4-5,7-27H,1-2,6H2,3H3. The lowest BCUT2D eigenvalue weighted by Gasteiger charge is -2.20. The van der Waals surface area contributed by atoms with Gasteiger partial charge in [-0.05, 0) is 79.5 Å². The number of hydrogen-bond donors (Lipinski definition) is 0. The Kier molecular flexibility index (Phi) is 6.81. The van der Waals surface area contributed by atoms with Gasteiger partial charge in [0, 0.05) is 12.1 Å². The maximum atomic E-state index is 4.88. The average Bonchev–Trinajstić information content (AvgIpc) is 3.46. The zero-order chi connectivity index (χ0) is 29.3. The summed E-state index contributed by atoms with van der Waals surface area (Å²) < 4.78 is 2.27. The van der Waals surface area contributed by atoms with E-state index in [2.05, 4.69) is 140 Å². The molecule has 0 saturated heterocycles. The molecule has 0 saturated carbocycles. The number of rotatable bonds is 7. The van der Waals surface area contributed by atoms with E-state index in [1.165, 1.54) is 33.0 Å². The summed E-state index contributed by atoms with van der Waals surface area (Å²) in [5.41, 5.74) is 12.5. The number of fused-ring (bicyclic) bond motifs is 2. The molecule has 1 heterocycles. The van der Waals surface area contributed by atoms with E-state index >= 15 is 0 Å². The Morgan fingerprint density at radius 3 is 1.63 bits per heavy atom. The van der Waals surface area contributed by atoms with Crippen LogP contribution in [0.25, 0.3) is 73.0 Å². The Labute approximate surface area is 252 Å². The van der Waals surface area contributed by atoms with Crippen LogP contribution in [0.3, 0.4) is 0 Å². The SMILES string of the molecule is C=Cc1c(C=C)c(-c2ccc(-n3c(CC)nc4ccccc43)cc2)c2ccccc2c1-c1ccc(-c2ccccc2)cc1. The summed E-state index contributed by atoms with van der Waals surface area (Å²) in [6.45, 7) is 10.7. The highest BCUT2D eigenvalue weighted by molar-refractivity contribution is 6.11. The molecule has 0 aliphatic rings. The molecular weight excluding hydrogens is 520 g/mol. The van der Waals surface area contributed by atoms with E-state index < -0.39 is 0 Å². The van der Waals surface area contributed by atoms with Crippen molar-refractivity contribution in [1.82, 2.24) is 9.55 Å². The number of aryl methyl sites for hydroxylation is 1. The number of aromatic nitrogens is 2. The van der Waals surface area contributed by atoms with Crippen LogP contribution in [0, 0.1) is 0 Å². The molecule has 0 aliphatic heterocycles. The van der Waals surface area contributed by atoms with Crippen LogP contribution < -0.4 is 0 Å². The van der Waals surface area contributed by atoms with E-state index in [4.69, 9.17) is 4.98 Å². The van der Waals surface area contributed by atoms with Gasteiger partial charge >= 0.3 is 0 Å². The molecule has 0 unspecified atom stereocenters. The van der Waals surface area contributed by atoms with Crippen LogP contribution in [0.2, 0.25) is 0 Å². The smallest absolute Gasteiger partial charge is 0.114 e. The third-order valence-corrected chi connectivity index (χ3v) is 8.34. The van der Waals surface area contributed by atoms with Crippen molar-refractivity contribution >= 4 is 34.0 Å². The summed E-state index contributed by atoms with van der Waals surface area (Å²) in [6.07, 6.45) is 4.82. The molecule has 43 heavy (non-hydrogen) atoms. The third-order valence-electron chi connectivity index (χ3n) is 8.34. The second-order valence-electron chi connectivity index (χ2n) is 10.7. The van der Waals surface area contributed by atoms with E-state index in [-0.39, 0.29) is 0 Å². The van der Waals surface area contributed by atoms with E-state index in [9.17, 15) is 0 Å². The van der Waals surface area contributed by atoms with Gasteiger partial charge in [-0.15, -0.1) is 0 Å². The maximum Gasteiger partial charge on any atom is 0.114 e. The number of nitrogens with zero attached hydrogens (tertiary/aromatic N) is 2. The van der Waals surface area contributed by atoms with Gasteiger partial charge in [0.25, 0.3) is 0 Å². The summed E-state index contributed by atoms with van der Waals surface area (Å²) in [5, 5.41) is 2.39. The molecule has 7 rings (SSSR count). The Bertz CT molecular complexity index is 2110. The second-order valence-corrected chi connectivity index (χ2v) is 10.7. The van der Waals surface area contributed by atoms with Crippen molar-refractivity contribution < 1.29 is 0 Å². The average molecular weight is 553 g/mol. The van der Waals surface area contributed by atoms with Crippen molar-refractivity contribution in [3.63, 3.8) is 0 Å². The Hall–Kier alpha value is -5.47. The van der Waals surface area contributed by atoms with Gasteiger partial charge in [0.1, 0.15) is 5.82 Å². The summed E-state index contributed by atoms with van der Waals surface area (Å²) >= 11 is 0. The van der Waals surface area contributed by atoms with Gasteiger partial charge in [0.15, 0.2) is 0 Å². The summed E-state index contributed by atoms with van der Waals surface area (Å²) in [4.78, 5) is 4.88. The first kappa shape index (κ1) is 26.4. The number of benzene rings is 6. The number of para-hydroxylation sites is 2. The van der Waals surface area contributed by atoms with E-state index in [1.54, 1.807) is 0 Å².